The van der Waals surface area contributed by atoms with Gasteiger partial charge in [0.15, 0.2) is 23.1 Å². The van der Waals surface area contributed by atoms with E-state index in [0.29, 0.717) is 23.1 Å². The Kier molecular flexibility index (Phi) is 5.03. The number of fused-ring (bicyclic) bond motifs is 1. The molecule has 2 aromatic heterocycles. The van der Waals surface area contributed by atoms with E-state index in [0.717, 1.165) is 27.2 Å². The van der Waals surface area contributed by atoms with Gasteiger partial charge in [0.1, 0.15) is 11.0 Å². The van der Waals surface area contributed by atoms with Crippen LogP contribution in [0.2, 0.25) is 0 Å². The number of nitrogens with one attached hydrogen (secondary N) is 2. The monoisotopic (exact) mass is 393 g/mol. The molecule has 0 aliphatic carbocycles. The first-order chi connectivity index (χ1) is 13.7. The van der Waals surface area contributed by atoms with Gasteiger partial charge < -0.3 is 14.8 Å². The maximum atomic E-state index is 5.39. The molecule has 0 unspecified atom stereocenters. The van der Waals surface area contributed by atoms with Crippen LogP contribution in [-0.4, -0.2) is 40.6 Å². The summed E-state index contributed by atoms with van der Waals surface area (Å²) in [6.07, 6.45) is 3.74. The second kappa shape index (κ2) is 7.77. The summed E-state index contributed by atoms with van der Waals surface area (Å²) < 4.78 is 10.7. The molecule has 28 heavy (non-hydrogen) atoms. The van der Waals surface area contributed by atoms with E-state index in [-0.39, 0.29) is 0 Å². The predicted molar refractivity (Wildman–Crippen MR) is 112 cm³/mol. The van der Waals surface area contributed by atoms with E-state index < -0.39 is 0 Å². The Labute approximate surface area is 166 Å². The van der Waals surface area contributed by atoms with Crippen molar-refractivity contribution in [2.45, 2.75) is 4.90 Å². The van der Waals surface area contributed by atoms with Crippen LogP contribution in [0.4, 0.5) is 11.5 Å². The van der Waals surface area contributed by atoms with E-state index in [1.54, 1.807) is 32.2 Å². The van der Waals surface area contributed by atoms with Gasteiger partial charge in [-0.25, -0.2) is 9.97 Å². The molecule has 0 radical (unpaired) electrons. The Morgan fingerprint density at radius 1 is 1.00 bits per heavy atom. The highest BCUT2D eigenvalue weighted by atomic mass is 32.2. The summed E-state index contributed by atoms with van der Waals surface area (Å²) in [6.45, 7) is 0. The Hall–Kier alpha value is -3.26. The first-order valence-corrected chi connectivity index (χ1v) is 9.79. The minimum absolute atomic E-state index is 0.632. The Morgan fingerprint density at radius 2 is 1.86 bits per heavy atom. The number of aromatic amines is 1. The molecule has 0 saturated heterocycles. The normalized spacial score (nSPS) is 10.8. The highest BCUT2D eigenvalue weighted by molar-refractivity contribution is 7.98. The summed E-state index contributed by atoms with van der Waals surface area (Å²) in [7, 11) is 3.22. The number of nitrogens with zero attached hydrogens (tertiary/aromatic N) is 3. The number of ether oxygens (including phenoxy) is 2. The fraction of sp³-hybridized carbons (Fsp3) is 0.150. The zero-order valence-corrected chi connectivity index (χ0v) is 16.5. The van der Waals surface area contributed by atoms with Crippen LogP contribution in [0, 0.1) is 0 Å². The van der Waals surface area contributed by atoms with Crippen LogP contribution in [0.15, 0.2) is 53.6 Å². The highest BCUT2D eigenvalue weighted by Crippen LogP contribution is 2.32. The van der Waals surface area contributed by atoms with Crippen LogP contribution in [-0.2, 0) is 0 Å². The van der Waals surface area contributed by atoms with Crippen LogP contribution >= 0.6 is 11.8 Å². The van der Waals surface area contributed by atoms with Crippen molar-refractivity contribution in [3.05, 3.63) is 48.7 Å². The van der Waals surface area contributed by atoms with Crippen molar-refractivity contribution < 1.29 is 9.47 Å². The van der Waals surface area contributed by atoms with Crippen molar-refractivity contribution in [3.8, 4) is 22.9 Å². The molecule has 2 N–H and O–H groups in total. The molecule has 0 aliphatic rings. The van der Waals surface area contributed by atoms with Crippen LogP contribution in [0.5, 0.6) is 11.5 Å². The van der Waals surface area contributed by atoms with E-state index in [2.05, 4.69) is 32.6 Å². The van der Waals surface area contributed by atoms with E-state index in [1.807, 2.05) is 36.6 Å². The average Bonchev–Trinajstić information content (AvgIpc) is 3.22. The standard InChI is InChI=1S/C20H19N5O2S/c1-26-16-8-7-13(10-17(16)27-2)22-20-18-15(11-21-25-18)23-19(24-20)12-5-4-6-14(9-12)28-3/h4-11H,1-3H3,(H,21,25)(H,22,23,24). The molecule has 2 aromatic carbocycles. The molecule has 2 heterocycles. The van der Waals surface area contributed by atoms with Gasteiger partial charge in [0.05, 0.1) is 20.4 Å². The molecule has 0 saturated carbocycles. The fourth-order valence-electron chi connectivity index (χ4n) is 2.87. The minimum atomic E-state index is 0.632. The smallest absolute Gasteiger partial charge is 0.162 e. The highest BCUT2D eigenvalue weighted by Gasteiger charge is 2.13. The second-order valence-electron chi connectivity index (χ2n) is 5.95. The van der Waals surface area contributed by atoms with Crippen molar-refractivity contribution in [2.75, 3.05) is 25.8 Å². The number of hydrogen-bond acceptors (Lipinski definition) is 7. The quantitative estimate of drug-likeness (QED) is 0.466. The number of benzene rings is 2. The van der Waals surface area contributed by atoms with Crippen molar-refractivity contribution in [1.29, 1.82) is 0 Å². The van der Waals surface area contributed by atoms with Crippen LogP contribution in [0.25, 0.3) is 22.4 Å². The topological polar surface area (TPSA) is 85.0 Å². The summed E-state index contributed by atoms with van der Waals surface area (Å²) >= 11 is 1.68. The lowest BCUT2D eigenvalue weighted by atomic mass is 10.2. The largest absolute Gasteiger partial charge is 0.493 e. The molecular weight excluding hydrogens is 374 g/mol. The summed E-state index contributed by atoms with van der Waals surface area (Å²) in [6, 6.07) is 13.7. The second-order valence-corrected chi connectivity index (χ2v) is 6.83. The molecular formula is C20H19N5O2S. The van der Waals surface area contributed by atoms with Gasteiger partial charge in [-0.15, -0.1) is 11.8 Å². The summed E-state index contributed by atoms with van der Waals surface area (Å²) in [5, 5.41) is 10.4. The SMILES string of the molecule is COc1ccc(Nc2nc(-c3cccc(SC)c3)nc3cn[nH]c23)cc1OC. The first-order valence-electron chi connectivity index (χ1n) is 8.56. The number of thioether (sulfide) groups is 1. The number of methoxy groups -OCH3 is 2. The van der Waals surface area contributed by atoms with Gasteiger partial charge in [0, 0.05) is 22.2 Å². The van der Waals surface area contributed by atoms with Gasteiger partial charge >= 0.3 is 0 Å². The van der Waals surface area contributed by atoms with E-state index in [9.17, 15) is 0 Å². The number of aromatic nitrogens is 4. The molecule has 142 valence electrons. The molecule has 0 bridgehead atoms. The molecule has 4 rings (SSSR count). The molecule has 0 atom stereocenters. The van der Waals surface area contributed by atoms with Gasteiger partial charge in [-0.1, -0.05) is 12.1 Å². The third-order valence-corrected chi connectivity index (χ3v) is 5.00. The lowest BCUT2D eigenvalue weighted by molar-refractivity contribution is 0.355. The minimum Gasteiger partial charge on any atom is -0.493 e. The molecule has 0 amide bonds. The lowest BCUT2D eigenvalue weighted by Crippen LogP contribution is -2.00. The van der Waals surface area contributed by atoms with Gasteiger partial charge in [-0.3, -0.25) is 5.10 Å². The average molecular weight is 393 g/mol. The third-order valence-electron chi connectivity index (χ3n) is 4.27. The van der Waals surface area contributed by atoms with Crippen molar-refractivity contribution in [3.63, 3.8) is 0 Å². The fourth-order valence-corrected chi connectivity index (χ4v) is 3.33. The zero-order valence-electron chi connectivity index (χ0n) is 15.7. The van der Waals surface area contributed by atoms with Crippen molar-refractivity contribution in [2.24, 2.45) is 0 Å². The van der Waals surface area contributed by atoms with Crippen molar-refractivity contribution in [1.82, 2.24) is 20.2 Å². The van der Waals surface area contributed by atoms with Crippen molar-refractivity contribution >= 4 is 34.3 Å². The Morgan fingerprint density at radius 3 is 2.64 bits per heavy atom. The summed E-state index contributed by atoms with van der Waals surface area (Å²) in [5.74, 6) is 2.57. The number of anilines is 2. The summed E-state index contributed by atoms with van der Waals surface area (Å²) in [5.41, 5.74) is 3.24. The van der Waals surface area contributed by atoms with Gasteiger partial charge in [-0.05, 0) is 30.5 Å². The zero-order chi connectivity index (χ0) is 19.5. The molecule has 8 heteroatoms. The third kappa shape index (κ3) is 3.46. The van der Waals surface area contributed by atoms with Gasteiger partial charge in [-0.2, -0.15) is 5.10 Å². The number of H-pyrrole nitrogens is 1. The van der Waals surface area contributed by atoms with Gasteiger partial charge in [0.25, 0.3) is 0 Å². The number of rotatable bonds is 6. The van der Waals surface area contributed by atoms with Crippen LogP contribution in [0.3, 0.4) is 0 Å². The first kappa shape index (κ1) is 18.1. The van der Waals surface area contributed by atoms with Gasteiger partial charge in [0.2, 0.25) is 0 Å². The predicted octanol–water partition coefficient (Wildman–Crippen LogP) is 4.50. The molecule has 0 fully saturated rings. The summed E-state index contributed by atoms with van der Waals surface area (Å²) in [4.78, 5) is 10.5. The maximum absolute atomic E-state index is 5.39. The molecule has 0 spiro atoms. The van der Waals surface area contributed by atoms with Crippen LogP contribution in [0.1, 0.15) is 0 Å². The molecule has 0 aliphatic heterocycles. The Bertz CT molecular complexity index is 1130. The molecule has 7 nitrogen and oxygen atoms in total. The maximum Gasteiger partial charge on any atom is 0.162 e. The molecule has 4 aromatic rings. The van der Waals surface area contributed by atoms with E-state index in [4.69, 9.17) is 14.5 Å². The van der Waals surface area contributed by atoms with E-state index in [1.165, 1.54) is 0 Å². The van der Waals surface area contributed by atoms with Crippen LogP contribution < -0.4 is 14.8 Å². The Balaban J connectivity index is 1.77. The van der Waals surface area contributed by atoms with E-state index >= 15 is 0 Å². The number of hydrogen-bond donors (Lipinski definition) is 2. The lowest BCUT2D eigenvalue weighted by Gasteiger charge is -2.12.